The Morgan fingerprint density at radius 2 is 1.71 bits per heavy atom. The van der Waals surface area contributed by atoms with Crippen LogP contribution < -0.4 is 10.6 Å². The van der Waals surface area contributed by atoms with E-state index >= 15 is 0 Å². The van der Waals surface area contributed by atoms with E-state index in [4.69, 9.17) is 47.0 Å². The van der Waals surface area contributed by atoms with Crippen molar-refractivity contribution in [3.63, 3.8) is 0 Å². The van der Waals surface area contributed by atoms with Crippen LogP contribution in [0.25, 0.3) is 0 Å². The van der Waals surface area contributed by atoms with Gasteiger partial charge in [-0.05, 0) is 42.5 Å². The fourth-order valence-corrected chi connectivity index (χ4v) is 2.44. The molecule has 0 saturated heterocycles. The van der Waals surface area contributed by atoms with Gasteiger partial charge in [0.2, 0.25) is 0 Å². The van der Waals surface area contributed by atoms with Crippen LogP contribution in [0, 0.1) is 0 Å². The van der Waals surface area contributed by atoms with Gasteiger partial charge in [0.25, 0.3) is 5.91 Å². The van der Waals surface area contributed by atoms with Crippen LogP contribution in [-0.2, 0) is 0 Å². The molecule has 0 aromatic heterocycles. The minimum absolute atomic E-state index is 0.115. The minimum atomic E-state index is -0.400. The zero-order valence-corrected chi connectivity index (χ0v) is 13.6. The number of hydrogen-bond donors (Lipinski definition) is 2. The summed E-state index contributed by atoms with van der Waals surface area (Å²) in [6.45, 7) is 0. The van der Waals surface area contributed by atoms with Gasteiger partial charge in [-0.25, -0.2) is 0 Å². The molecule has 0 atom stereocenters. The quantitative estimate of drug-likeness (QED) is 0.759. The van der Waals surface area contributed by atoms with Crippen molar-refractivity contribution in [2.45, 2.75) is 0 Å². The van der Waals surface area contributed by atoms with Gasteiger partial charge in [0, 0.05) is 5.02 Å². The van der Waals surface area contributed by atoms with Crippen LogP contribution in [0.4, 0.5) is 5.69 Å². The first-order valence-electron chi connectivity index (χ1n) is 5.79. The van der Waals surface area contributed by atoms with E-state index in [1.54, 1.807) is 42.5 Å². The fourth-order valence-electron chi connectivity index (χ4n) is 1.56. The standard InChI is InChI=1S/C14H9Cl3N2OS/c15-8-5-6-12(11(17)7-8)18-14(21)19-13(20)9-3-1-2-4-10(9)16/h1-7H,(H2,18,19,20,21). The molecule has 108 valence electrons. The van der Waals surface area contributed by atoms with Crippen molar-refractivity contribution < 1.29 is 4.79 Å². The van der Waals surface area contributed by atoms with E-state index in [2.05, 4.69) is 10.6 Å². The highest BCUT2D eigenvalue weighted by Crippen LogP contribution is 2.25. The number of carbonyl (C=O) groups is 1. The summed E-state index contributed by atoms with van der Waals surface area (Å²) in [5.74, 6) is -0.400. The molecule has 1 amide bonds. The largest absolute Gasteiger partial charge is 0.331 e. The van der Waals surface area contributed by atoms with Crippen LogP contribution in [0.2, 0.25) is 15.1 Å². The summed E-state index contributed by atoms with van der Waals surface area (Å²) in [5, 5.41) is 6.73. The van der Waals surface area contributed by atoms with Crippen LogP contribution in [0.3, 0.4) is 0 Å². The summed E-state index contributed by atoms with van der Waals surface area (Å²) in [7, 11) is 0. The third kappa shape index (κ3) is 4.32. The van der Waals surface area contributed by atoms with Crippen LogP contribution in [-0.4, -0.2) is 11.0 Å². The monoisotopic (exact) mass is 358 g/mol. The highest BCUT2D eigenvalue weighted by atomic mass is 35.5. The highest BCUT2D eigenvalue weighted by Gasteiger charge is 2.12. The molecule has 0 saturated carbocycles. The lowest BCUT2D eigenvalue weighted by molar-refractivity contribution is 0.0978. The Kier molecular flexibility index (Phi) is 5.42. The van der Waals surface area contributed by atoms with E-state index in [1.807, 2.05) is 0 Å². The first kappa shape index (κ1) is 16.0. The second-order valence-electron chi connectivity index (χ2n) is 4.01. The van der Waals surface area contributed by atoms with Gasteiger partial charge in [-0.15, -0.1) is 0 Å². The maximum Gasteiger partial charge on any atom is 0.258 e. The van der Waals surface area contributed by atoms with Gasteiger partial charge in [0.15, 0.2) is 5.11 Å². The molecular weight excluding hydrogens is 351 g/mol. The molecule has 7 heteroatoms. The number of amides is 1. The Bertz CT molecular complexity index is 706. The predicted octanol–water partition coefficient (Wildman–Crippen LogP) is 4.77. The Morgan fingerprint density at radius 1 is 1.00 bits per heavy atom. The Hall–Kier alpha value is -1.33. The van der Waals surface area contributed by atoms with E-state index < -0.39 is 5.91 Å². The van der Waals surface area contributed by atoms with Gasteiger partial charge in [-0.2, -0.15) is 0 Å². The van der Waals surface area contributed by atoms with E-state index in [1.165, 1.54) is 0 Å². The van der Waals surface area contributed by atoms with E-state index in [0.29, 0.717) is 26.3 Å². The molecule has 0 spiro atoms. The Labute approximate surface area is 142 Å². The van der Waals surface area contributed by atoms with Crippen molar-refractivity contribution in [3.05, 3.63) is 63.1 Å². The number of thiocarbonyl (C=S) groups is 1. The highest BCUT2D eigenvalue weighted by molar-refractivity contribution is 7.80. The van der Waals surface area contributed by atoms with Crippen molar-refractivity contribution in [1.29, 1.82) is 0 Å². The normalized spacial score (nSPS) is 10.0. The van der Waals surface area contributed by atoms with Crippen LogP contribution in [0.15, 0.2) is 42.5 Å². The average Bonchev–Trinajstić information content (AvgIpc) is 2.42. The number of carbonyl (C=O) groups excluding carboxylic acids is 1. The van der Waals surface area contributed by atoms with E-state index in [0.717, 1.165) is 0 Å². The molecule has 2 aromatic rings. The lowest BCUT2D eigenvalue weighted by Crippen LogP contribution is -2.34. The maximum atomic E-state index is 12.0. The van der Waals surface area contributed by atoms with Gasteiger partial charge in [0.05, 0.1) is 21.3 Å². The molecule has 2 aromatic carbocycles. The number of hydrogen-bond acceptors (Lipinski definition) is 2. The summed E-state index contributed by atoms with van der Waals surface area (Å²) < 4.78 is 0. The lowest BCUT2D eigenvalue weighted by Gasteiger charge is -2.11. The summed E-state index contributed by atoms with van der Waals surface area (Å²) >= 11 is 22.8. The zero-order chi connectivity index (χ0) is 15.4. The smallest absolute Gasteiger partial charge is 0.258 e. The second-order valence-corrected chi connectivity index (χ2v) is 5.67. The summed E-state index contributed by atoms with van der Waals surface area (Å²) in [5.41, 5.74) is 0.885. The molecular formula is C14H9Cl3N2OS. The molecule has 0 fully saturated rings. The molecule has 0 aliphatic carbocycles. The predicted molar refractivity (Wildman–Crippen MR) is 91.6 cm³/mol. The second kappa shape index (κ2) is 7.09. The van der Waals surface area contributed by atoms with Gasteiger partial charge in [0.1, 0.15) is 0 Å². The molecule has 0 aliphatic heterocycles. The average molecular weight is 360 g/mol. The van der Waals surface area contributed by atoms with Crippen molar-refractivity contribution in [2.75, 3.05) is 5.32 Å². The molecule has 3 nitrogen and oxygen atoms in total. The van der Waals surface area contributed by atoms with E-state index in [-0.39, 0.29) is 5.11 Å². The molecule has 21 heavy (non-hydrogen) atoms. The molecule has 0 bridgehead atoms. The lowest BCUT2D eigenvalue weighted by atomic mass is 10.2. The minimum Gasteiger partial charge on any atom is -0.331 e. The SMILES string of the molecule is O=C(NC(=S)Nc1ccc(Cl)cc1Cl)c1ccccc1Cl. The van der Waals surface area contributed by atoms with Gasteiger partial charge >= 0.3 is 0 Å². The van der Waals surface area contributed by atoms with E-state index in [9.17, 15) is 4.79 Å². The first-order chi connectivity index (χ1) is 9.97. The van der Waals surface area contributed by atoms with Crippen LogP contribution in [0.5, 0.6) is 0 Å². The third-order valence-electron chi connectivity index (χ3n) is 2.52. The molecule has 2 N–H and O–H groups in total. The van der Waals surface area contributed by atoms with Gasteiger partial charge in [-0.3, -0.25) is 10.1 Å². The van der Waals surface area contributed by atoms with Crippen molar-refractivity contribution >= 4 is 63.7 Å². The molecule has 0 radical (unpaired) electrons. The van der Waals surface area contributed by atoms with Crippen LogP contribution >= 0.6 is 47.0 Å². The number of anilines is 1. The summed E-state index contributed by atoms with van der Waals surface area (Å²) in [6, 6.07) is 11.6. The fraction of sp³-hybridized carbons (Fsp3) is 0. The van der Waals surface area contributed by atoms with Crippen molar-refractivity contribution in [1.82, 2.24) is 5.32 Å². The zero-order valence-electron chi connectivity index (χ0n) is 10.5. The van der Waals surface area contributed by atoms with Crippen LogP contribution in [0.1, 0.15) is 10.4 Å². The molecule has 2 rings (SSSR count). The Morgan fingerprint density at radius 3 is 2.38 bits per heavy atom. The topological polar surface area (TPSA) is 41.1 Å². The number of benzene rings is 2. The number of nitrogens with one attached hydrogen (secondary N) is 2. The maximum absolute atomic E-state index is 12.0. The van der Waals surface area contributed by atoms with Gasteiger partial charge < -0.3 is 5.32 Å². The molecule has 0 aliphatic rings. The number of halogens is 3. The molecule has 0 heterocycles. The van der Waals surface area contributed by atoms with Crippen molar-refractivity contribution in [3.8, 4) is 0 Å². The molecule has 0 unspecified atom stereocenters. The first-order valence-corrected chi connectivity index (χ1v) is 7.33. The Balaban J connectivity index is 2.05. The van der Waals surface area contributed by atoms with Crippen molar-refractivity contribution in [2.24, 2.45) is 0 Å². The third-order valence-corrected chi connectivity index (χ3v) is 3.61. The summed E-state index contributed by atoms with van der Waals surface area (Å²) in [4.78, 5) is 12.0. The number of rotatable bonds is 2. The van der Waals surface area contributed by atoms with Gasteiger partial charge in [-0.1, -0.05) is 46.9 Å². The summed E-state index contributed by atoms with van der Waals surface area (Å²) in [6.07, 6.45) is 0.